The predicted octanol–water partition coefficient (Wildman–Crippen LogP) is 5.71. The zero-order valence-electron chi connectivity index (χ0n) is 16.7. The Kier molecular flexibility index (Phi) is 5.41. The van der Waals surface area contributed by atoms with E-state index in [1.165, 1.54) is 11.1 Å². The molecule has 0 saturated heterocycles. The molecule has 0 radical (unpaired) electrons. The first-order valence-corrected chi connectivity index (χ1v) is 10.6. The van der Waals surface area contributed by atoms with Gasteiger partial charge in [0, 0.05) is 21.0 Å². The van der Waals surface area contributed by atoms with Gasteiger partial charge >= 0.3 is 0 Å². The summed E-state index contributed by atoms with van der Waals surface area (Å²) in [6.45, 7) is 6.24. The Bertz CT molecular complexity index is 1210. The van der Waals surface area contributed by atoms with E-state index in [0.717, 1.165) is 37.4 Å². The summed E-state index contributed by atoms with van der Waals surface area (Å²) in [5, 5.41) is 3.00. The average Bonchev–Trinajstić information content (AvgIpc) is 3.06. The van der Waals surface area contributed by atoms with Crippen LogP contribution < -0.4 is 5.32 Å². The lowest BCUT2D eigenvalue weighted by atomic mass is 10.0. The standard InChI is InChI=1S/C24H22IN3O/c1-15-6-7-18(13-17(15)3)23-21(28-12-4-5-16(2)24(28)27-23)14-22(29)26-20-10-8-19(25)9-11-20/h4-13H,14H2,1-3H3,(H,26,29). The largest absolute Gasteiger partial charge is 0.326 e. The van der Waals surface area contributed by atoms with E-state index in [9.17, 15) is 4.79 Å². The summed E-state index contributed by atoms with van der Waals surface area (Å²) in [6.07, 6.45) is 2.23. The zero-order valence-corrected chi connectivity index (χ0v) is 18.8. The minimum atomic E-state index is -0.0559. The normalized spacial score (nSPS) is 11.0. The van der Waals surface area contributed by atoms with Crippen LogP contribution in [-0.4, -0.2) is 15.3 Å². The van der Waals surface area contributed by atoms with Crippen LogP contribution in [0.2, 0.25) is 0 Å². The molecule has 4 nitrogen and oxygen atoms in total. The molecule has 4 aromatic rings. The number of nitrogens with one attached hydrogen (secondary N) is 1. The van der Waals surface area contributed by atoms with Crippen LogP contribution in [0.25, 0.3) is 16.9 Å². The van der Waals surface area contributed by atoms with Crippen molar-refractivity contribution in [2.45, 2.75) is 27.2 Å². The van der Waals surface area contributed by atoms with Gasteiger partial charge in [-0.2, -0.15) is 0 Å². The van der Waals surface area contributed by atoms with E-state index in [0.29, 0.717) is 0 Å². The Labute approximate surface area is 184 Å². The van der Waals surface area contributed by atoms with Gasteiger partial charge in [0.05, 0.1) is 17.8 Å². The molecule has 1 amide bonds. The van der Waals surface area contributed by atoms with Crippen LogP contribution in [0.3, 0.4) is 0 Å². The molecule has 0 bridgehead atoms. The number of aromatic nitrogens is 2. The van der Waals surface area contributed by atoms with Crippen molar-refractivity contribution in [3.05, 3.63) is 86.7 Å². The van der Waals surface area contributed by atoms with Gasteiger partial charge in [0.2, 0.25) is 5.91 Å². The second kappa shape index (κ2) is 7.99. The van der Waals surface area contributed by atoms with Crippen molar-refractivity contribution in [1.82, 2.24) is 9.38 Å². The molecule has 0 atom stereocenters. The molecule has 0 unspecified atom stereocenters. The van der Waals surface area contributed by atoms with E-state index < -0.39 is 0 Å². The van der Waals surface area contributed by atoms with Crippen LogP contribution in [0.5, 0.6) is 0 Å². The Morgan fingerprint density at radius 2 is 1.76 bits per heavy atom. The summed E-state index contributed by atoms with van der Waals surface area (Å²) >= 11 is 2.25. The molecule has 0 fully saturated rings. The maximum atomic E-state index is 12.8. The van der Waals surface area contributed by atoms with Crippen LogP contribution in [0.4, 0.5) is 5.69 Å². The molecule has 2 aromatic carbocycles. The molecule has 0 aliphatic rings. The highest BCUT2D eigenvalue weighted by molar-refractivity contribution is 14.1. The molecule has 5 heteroatoms. The Morgan fingerprint density at radius 3 is 2.48 bits per heavy atom. The van der Waals surface area contributed by atoms with E-state index in [4.69, 9.17) is 4.98 Å². The smallest absolute Gasteiger partial charge is 0.230 e. The maximum absolute atomic E-state index is 12.8. The number of fused-ring (bicyclic) bond motifs is 1. The molecule has 146 valence electrons. The van der Waals surface area contributed by atoms with Gasteiger partial charge in [-0.05, 0) is 96.5 Å². The number of benzene rings is 2. The van der Waals surface area contributed by atoms with Crippen LogP contribution >= 0.6 is 22.6 Å². The number of nitrogens with zero attached hydrogens (tertiary/aromatic N) is 2. The molecule has 0 spiro atoms. The molecule has 29 heavy (non-hydrogen) atoms. The van der Waals surface area contributed by atoms with Gasteiger partial charge in [0.15, 0.2) is 0 Å². The number of anilines is 1. The third kappa shape index (κ3) is 4.05. The molecule has 0 saturated carbocycles. The second-order valence-electron chi connectivity index (χ2n) is 7.32. The highest BCUT2D eigenvalue weighted by Gasteiger charge is 2.18. The number of carbonyl (C=O) groups is 1. The summed E-state index contributed by atoms with van der Waals surface area (Å²) in [5.74, 6) is -0.0559. The van der Waals surface area contributed by atoms with Crippen molar-refractivity contribution in [3.8, 4) is 11.3 Å². The van der Waals surface area contributed by atoms with Crippen molar-refractivity contribution < 1.29 is 4.79 Å². The Hall–Kier alpha value is -2.67. The minimum Gasteiger partial charge on any atom is -0.326 e. The fraction of sp³-hybridized carbons (Fsp3) is 0.167. The van der Waals surface area contributed by atoms with Crippen molar-refractivity contribution >= 4 is 39.8 Å². The summed E-state index contributed by atoms with van der Waals surface area (Å²) < 4.78 is 3.17. The number of halogens is 1. The highest BCUT2D eigenvalue weighted by Crippen LogP contribution is 2.28. The first kappa shape index (κ1) is 19.6. The maximum Gasteiger partial charge on any atom is 0.230 e. The number of aryl methyl sites for hydroxylation is 3. The van der Waals surface area contributed by atoms with Gasteiger partial charge < -0.3 is 9.72 Å². The summed E-state index contributed by atoms with van der Waals surface area (Å²) in [5.41, 5.74) is 8.02. The zero-order chi connectivity index (χ0) is 20.5. The molecule has 2 heterocycles. The first-order chi connectivity index (χ1) is 13.9. The number of hydrogen-bond acceptors (Lipinski definition) is 2. The number of amides is 1. The molecule has 4 rings (SSSR count). The molecular formula is C24H22IN3O. The number of hydrogen-bond donors (Lipinski definition) is 1. The van der Waals surface area contributed by atoms with E-state index >= 15 is 0 Å². The average molecular weight is 495 g/mol. The summed E-state index contributed by atoms with van der Waals surface area (Å²) in [4.78, 5) is 17.8. The Balaban J connectivity index is 1.75. The van der Waals surface area contributed by atoms with Gasteiger partial charge in [-0.1, -0.05) is 18.2 Å². The third-order valence-corrected chi connectivity index (χ3v) is 5.90. The second-order valence-corrected chi connectivity index (χ2v) is 8.57. The van der Waals surface area contributed by atoms with Crippen molar-refractivity contribution in [2.24, 2.45) is 0 Å². The molecule has 2 aromatic heterocycles. The number of pyridine rings is 1. The first-order valence-electron chi connectivity index (χ1n) is 9.52. The highest BCUT2D eigenvalue weighted by atomic mass is 127. The van der Waals surface area contributed by atoms with E-state index in [2.05, 4.69) is 60.0 Å². The lowest BCUT2D eigenvalue weighted by molar-refractivity contribution is -0.115. The number of carbonyl (C=O) groups excluding carboxylic acids is 1. The third-order valence-electron chi connectivity index (χ3n) is 5.18. The van der Waals surface area contributed by atoms with Gasteiger partial charge in [-0.25, -0.2) is 4.98 Å². The fourth-order valence-electron chi connectivity index (χ4n) is 3.43. The van der Waals surface area contributed by atoms with Gasteiger partial charge in [-0.3, -0.25) is 4.79 Å². The van der Waals surface area contributed by atoms with Crippen molar-refractivity contribution in [1.29, 1.82) is 0 Å². The number of imidazole rings is 1. The van der Waals surface area contributed by atoms with Crippen molar-refractivity contribution in [3.63, 3.8) is 0 Å². The van der Waals surface area contributed by atoms with E-state index in [1.807, 2.05) is 53.9 Å². The molecule has 1 N–H and O–H groups in total. The van der Waals surface area contributed by atoms with E-state index in [1.54, 1.807) is 0 Å². The topological polar surface area (TPSA) is 46.4 Å². The predicted molar refractivity (Wildman–Crippen MR) is 126 cm³/mol. The summed E-state index contributed by atoms with van der Waals surface area (Å²) in [6, 6.07) is 18.2. The van der Waals surface area contributed by atoms with Crippen molar-refractivity contribution in [2.75, 3.05) is 5.32 Å². The van der Waals surface area contributed by atoms with Gasteiger partial charge in [0.1, 0.15) is 5.65 Å². The lowest BCUT2D eigenvalue weighted by Gasteiger charge is -2.09. The van der Waals surface area contributed by atoms with Gasteiger partial charge in [-0.15, -0.1) is 0 Å². The fourth-order valence-corrected chi connectivity index (χ4v) is 3.79. The number of rotatable bonds is 4. The lowest BCUT2D eigenvalue weighted by Crippen LogP contribution is -2.16. The summed E-state index contributed by atoms with van der Waals surface area (Å²) in [7, 11) is 0. The molecular weight excluding hydrogens is 473 g/mol. The van der Waals surface area contributed by atoms with Crippen LogP contribution in [0.1, 0.15) is 22.4 Å². The minimum absolute atomic E-state index is 0.0559. The van der Waals surface area contributed by atoms with E-state index in [-0.39, 0.29) is 12.3 Å². The monoisotopic (exact) mass is 495 g/mol. The van der Waals surface area contributed by atoms with Crippen LogP contribution in [0, 0.1) is 24.3 Å². The van der Waals surface area contributed by atoms with Crippen LogP contribution in [0.15, 0.2) is 60.8 Å². The quantitative estimate of drug-likeness (QED) is 0.369. The van der Waals surface area contributed by atoms with Crippen LogP contribution in [-0.2, 0) is 11.2 Å². The molecule has 0 aliphatic carbocycles. The Morgan fingerprint density at radius 1 is 1.00 bits per heavy atom. The SMILES string of the molecule is Cc1ccc(-c2nc3c(C)cccn3c2CC(=O)Nc2ccc(I)cc2)cc1C. The van der Waals surface area contributed by atoms with Gasteiger partial charge in [0.25, 0.3) is 0 Å². The molecule has 0 aliphatic heterocycles.